The van der Waals surface area contributed by atoms with Crippen LogP contribution in [0, 0.1) is 11.8 Å². The Labute approximate surface area is 114 Å². The smallest absolute Gasteiger partial charge is 0.223 e. The molecule has 2 heteroatoms. The summed E-state index contributed by atoms with van der Waals surface area (Å²) in [6.45, 7) is 5.79. The fourth-order valence-corrected chi connectivity index (χ4v) is 2.19. The van der Waals surface area contributed by atoms with Gasteiger partial charge in [0, 0.05) is 29.3 Å². The van der Waals surface area contributed by atoms with Gasteiger partial charge in [0.15, 0.2) is 6.54 Å². The van der Waals surface area contributed by atoms with Gasteiger partial charge in [-0.25, -0.2) is 4.58 Å². The lowest BCUT2D eigenvalue weighted by Gasteiger charge is -2.09. The minimum atomic E-state index is 0.749. The first-order valence-corrected chi connectivity index (χ1v) is 6.66. The van der Waals surface area contributed by atoms with Crippen LogP contribution in [0.25, 0.3) is 0 Å². The highest BCUT2D eigenvalue weighted by atomic mass is 35.5. The maximum Gasteiger partial charge on any atom is 0.227 e. The van der Waals surface area contributed by atoms with Gasteiger partial charge in [-0.2, -0.15) is 0 Å². The van der Waals surface area contributed by atoms with Crippen molar-refractivity contribution in [1.82, 2.24) is 0 Å². The molecule has 0 spiro atoms. The van der Waals surface area contributed by atoms with Crippen molar-refractivity contribution in [3.63, 3.8) is 0 Å². The van der Waals surface area contributed by atoms with Gasteiger partial charge in [-0.05, 0) is 36.8 Å². The quantitative estimate of drug-likeness (QED) is 0.434. The molecule has 0 N–H and O–H groups in total. The minimum Gasteiger partial charge on any atom is -0.223 e. The maximum atomic E-state index is 5.85. The number of halogens is 1. The van der Waals surface area contributed by atoms with E-state index in [0.29, 0.717) is 0 Å². The monoisotopic (exact) mass is 258 g/mol. The highest BCUT2D eigenvalue weighted by Crippen LogP contribution is 2.09. The van der Waals surface area contributed by atoms with E-state index in [0.717, 1.165) is 30.1 Å². The fraction of sp³-hybridized carbons (Fsp3) is 0.312. The van der Waals surface area contributed by atoms with E-state index in [1.54, 1.807) is 0 Å². The van der Waals surface area contributed by atoms with E-state index in [2.05, 4.69) is 23.0 Å². The summed E-state index contributed by atoms with van der Waals surface area (Å²) in [4.78, 5) is 0. The number of benzene rings is 1. The van der Waals surface area contributed by atoms with Crippen LogP contribution in [0.1, 0.15) is 24.8 Å². The summed E-state index contributed by atoms with van der Waals surface area (Å²) >= 11 is 5.85. The van der Waals surface area contributed by atoms with Gasteiger partial charge in [-0.1, -0.05) is 24.1 Å². The predicted octanol–water partition coefficient (Wildman–Crippen LogP) is 3.51. The van der Waals surface area contributed by atoms with Crippen molar-refractivity contribution in [2.75, 3.05) is 13.1 Å². The standard InChI is InChI=1S/C16H17ClN/c1-2-12-18-13-4-3-5-16(18)11-8-14-6-9-15(17)10-7-14/h2,6-7,9-10H,1,3-5,12-13H2/q+1. The number of hydrogen-bond donors (Lipinski definition) is 0. The van der Waals surface area contributed by atoms with E-state index in [1.165, 1.54) is 18.6 Å². The Kier molecular flexibility index (Phi) is 4.61. The van der Waals surface area contributed by atoms with Crippen LogP contribution in [-0.4, -0.2) is 23.4 Å². The van der Waals surface area contributed by atoms with Crippen molar-refractivity contribution in [2.45, 2.75) is 19.3 Å². The second-order valence-electron chi connectivity index (χ2n) is 4.40. The van der Waals surface area contributed by atoms with Crippen LogP contribution in [-0.2, 0) is 0 Å². The zero-order chi connectivity index (χ0) is 12.8. The average molecular weight is 259 g/mol. The average Bonchev–Trinajstić information content (AvgIpc) is 2.40. The molecule has 1 aromatic carbocycles. The second kappa shape index (κ2) is 6.42. The van der Waals surface area contributed by atoms with E-state index < -0.39 is 0 Å². The fourth-order valence-electron chi connectivity index (χ4n) is 2.06. The van der Waals surface area contributed by atoms with Crippen molar-refractivity contribution in [3.8, 4) is 11.8 Å². The van der Waals surface area contributed by atoms with Gasteiger partial charge in [0.05, 0.1) is 0 Å². The van der Waals surface area contributed by atoms with Crippen LogP contribution in [0.15, 0.2) is 36.9 Å². The molecule has 0 saturated heterocycles. The van der Waals surface area contributed by atoms with Gasteiger partial charge in [0.1, 0.15) is 6.54 Å². The zero-order valence-electron chi connectivity index (χ0n) is 10.5. The molecule has 0 fully saturated rings. The Morgan fingerprint density at radius 1 is 1.22 bits per heavy atom. The first kappa shape index (κ1) is 12.9. The topological polar surface area (TPSA) is 3.01 Å². The molecule has 0 unspecified atom stereocenters. The van der Waals surface area contributed by atoms with Crippen LogP contribution < -0.4 is 0 Å². The van der Waals surface area contributed by atoms with Gasteiger partial charge >= 0.3 is 0 Å². The molecular formula is C16H17ClN+. The van der Waals surface area contributed by atoms with E-state index >= 15 is 0 Å². The summed E-state index contributed by atoms with van der Waals surface area (Å²) in [5.74, 6) is 6.50. The van der Waals surface area contributed by atoms with Crippen LogP contribution in [0.4, 0.5) is 0 Å². The first-order chi connectivity index (χ1) is 8.79. The van der Waals surface area contributed by atoms with Crippen molar-refractivity contribution in [1.29, 1.82) is 0 Å². The Balaban J connectivity index is 2.21. The minimum absolute atomic E-state index is 0.749. The molecule has 1 aliphatic rings. The summed E-state index contributed by atoms with van der Waals surface area (Å²) in [5, 5.41) is 0.749. The van der Waals surface area contributed by atoms with E-state index in [9.17, 15) is 0 Å². The molecule has 0 atom stereocenters. The van der Waals surface area contributed by atoms with Gasteiger partial charge in [0.25, 0.3) is 0 Å². The molecule has 2 rings (SSSR count). The molecule has 1 heterocycles. The first-order valence-electron chi connectivity index (χ1n) is 6.29. The molecule has 0 saturated carbocycles. The molecule has 1 aromatic rings. The molecular weight excluding hydrogens is 242 g/mol. The van der Waals surface area contributed by atoms with Crippen molar-refractivity contribution in [2.24, 2.45) is 0 Å². The van der Waals surface area contributed by atoms with Crippen LogP contribution in [0.5, 0.6) is 0 Å². The zero-order valence-corrected chi connectivity index (χ0v) is 11.2. The van der Waals surface area contributed by atoms with Crippen molar-refractivity contribution in [3.05, 3.63) is 47.5 Å². The second-order valence-corrected chi connectivity index (χ2v) is 4.83. The predicted molar refractivity (Wildman–Crippen MR) is 77.4 cm³/mol. The summed E-state index contributed by atoms with van der Waals surface area (Å²) in [5.41, 5.74) is 2.24. The Morgan fingerprint density at radius 2 is 2.00 bits per heavy atom. The van der Waals surface area contributed by atoms with E-state index in [1.807, 2.05) is 30.3 Å². The maximum absolute atomic E-state index is 5.85. The van der Waals surface area contributed by atoms with Gasteiger partial charge in [0.2, 0.25) is 5.71 Å². The molecule has 0 aliphatic carbocycles. The highest BCUT2D eigenvalue weighted by Gasteiger charge is 2.16. The summed E-state index contributed by atoms with van der Waals surface area (Å²) in [6, 6.07) is 7.66. The Bertz CT molecular complexity index is 514. The van der Waals surface area contributed by atoms with Crippen LogP contribution >= 0.6 is 11.6 Å². The van der Waals surface area contributed by atoms with E-state index in [4.69, 9.17) is 11.6 Å². The van der Waals surface area contributed by atoms with Crippen LogP contribution in [0.2, 0.25) is 5.02 Å². The molecule has 0 radical (unpaired) electrons. The molecule has 1 aliphatic heterocycles. The summed E-state index contributed by atoms with van der Waals surface area (Å²) in [7, 11) is 0. The largest absolute Gasteiger partial charge is 0.227 e. The third-order valence-electron chi connectivity index (χ3n) is 3.02. The molecule has 92 valence electrons. The Morgan fingerprint density at radius 3 is 2.72 bits per heavy atom. The van der Waals surface area contributed by atoms with Crippen molar-refractivity contribution < 1.29 is 4.58 Å². The summed E-state index contributed by atoms with van der Waals surface area (Å²) < 4.78 is 2.32. The number of nitrogens with zero attached hydrogens (tertiary/aromatic N) is 1. The lowest BCUT2D eigenvalue weighted by molar-refractivity contribution is -0.521. The highest BCUT2D eigenvalue weighted by molar-refractivity contribution is 6.30. The molecule has 0 bridgehead atoms. The molecule has 0 aromatic heterocycles. The molecule has 18 heavy (non-hydrogen) atoms. The lowest BCUT2D eigenvalue weighted by atomic mass is 10.1. The van der Waals surface area contributed by atoms with Crippen LogP contribution in [0.3, 0.4) is 0 Å². The van der Waals surface area contributed by atoms with Gasteiger partial charge in [-0.15, -0.1) is 0 Å². The number of rotatable bonds is 2. The van der Waals surface area contributed by atoms with Crippen molar-refractivity contribution >= 4 is 17.3 Å². The Hall–Kier alpha value is -1.52. The normalized spacial score (nSPS) is 14.9. The lowest BCUT2D eigenvalue weighted by Crippen LogP contribution is -2.25. The molecule has 1 nitrogen and oxygen atoms in total. The third kappa shape index (κ3) is 3.48. The number of hydrogen-bond acceptors (Lipinski definition) is 0. The van der Waals surface area contributed by atoms with E-state index in [-0.39, 0.29) is 0 Å². The third-order valence-corrected chi connectivity index (χ3v) is 3.27. The van der Waals surface area contributed by atoms with Gasteiger partial charge in [-0.3, -0.25) is 0 Å². The molecule has 0 amide bonds. The SMILES string of the molecule is C=CC[N+]1=C(C#Cc2ccc(Cl)cc2)CCCC1. The van der Waals surface area contributed by atoms with Gasteiger partial charge < -0.3 is 0 Å². The summed E-state index contributed by atoms with van der Waals surface area (Å²) in [6.07, 6.45) is 5.50.